The lowest BCUT2D eigenvalue weighted by Gasteiger charge is -2.16. The van der Waals surface area contributed by atoms with Crippen LogP contribution in [0.15, 0.2) is 11.1 Å². The van der Waals surface area contributed by atoms with Crippen LogP contribution in [0.25, 0.3) is 11.2 Å². The molecule has 0 saturated carbocycles. The van der Waals surface area contributed by atoms with Crippen molar-refractivity contribution in [2.45, 2.75) is 31.0 Å². The van der Waals surface area contributed by atoms with E-state index in [4.69, 9.17) is 10.5 Å². The van der Waals surface area contributed by atoms with Crippen molar-refractivity contribution in [2.75, 3.05) is 5.73 Å². The quantitative estimate of drug-likeness (QED) is 0.469. The minimum atomic E-state index is -1.28. The summed E-state index contributed by atoms with van der Waals surface area (Å²) >= 11 is 0. The third-order valence-corrected chi connectivity index (χ3v) is 3.39. The Balaban J connectivity index is 2.05. The number of nitrogens with zero attached hydrogens (tertiary/aromatic N) is 3. The summed E-state index contributed by atoms with van der Waals surface area (Å²) in [5.74, 6) is -0.105. The molecule has 2 aromatic rings. The van der Waals surface area contributed by atoms with Gasteiger partial charge in [-0.25, -0.2) is 4.98 Å². The highest BCUT2D eigenvalue weighted by molar-refractivity contribution is 5.70. The average Bonchev–Trinajstić information content (AvgIpc) is 2.96. The van der Waals surface area contributed by atoms with Crippen molar-refractivity contribution in [1.29, 1.82) is 0 Å². The zero-order valence-corrected chi connectivity index (χ0v) is 10.7. The summed E-state index contributed by atoms with van der Waals surface area (Å²) in [6, 6.07) is 0. The number of nitrogen functional groups attached to an aromatic ring is 1. The predicted octanol–water partition coefficient (Wildman–Crippen LogP) is -2.09. The molecule has 21 heavy (non-hydrogen) atoms. The van der Waals surface area contributed by atoms with Crippen molar-refractivity contribution < 1.29 is 19.7 Å². The van der Waals surface area contributed by atoms with Gasteiger partial charge < -0.3 is 25.5 Å². The van der Waals surface area contributed by atoms with Gasteiger partial charge in [-0.1, -0.05) is 0 Å². The normalized spacial score (nSPS) is 29.0. The van der Waals surface area contributed by atoms with E-state index in [0.29, 0.717) is 6.29 Å². The molecule has 0 amide bonds. The maximum Gasteiger partial charge on any atom is 0.280 e. The molecular weight excluding hydrogens is 282 g/mol. The molecule has 10 nitrogen and oxygen atoms in total. The smallest absolute Gasteiger partial charge is 0.280 e. The molecular formula is C11H13N5O5. The fraction of sp³-hybridized carbons (Fsp3) is 0.455. The lowest BCUT2D eigenvalue weighted by Crippen LogP contribution is -2.31. The summed E-state index contributed by atoms with van der Waals surface area (Å²) in [5, 5.41) is 19.9. The van der Waals surface area contributed by atoms with Crippen LogP contribution in [0.5, 0.6) is 0 Å². The van der Waals surface area contributed by atoms with Crippen LogP contribution in [0.2, 0.25) is 0 Å². The molecule has 1 saturated heterocycles. The number of aliphatic hydroxyl groups excluding tert-OH is 2. The molecule has 3 rings (SSSR count). The number of ether oxygens (including phenoxy) is 1. The van der Waals surface area contributed by atoms with Crippen LogP contribution in [0.1, 0.15) is 12.6 Å². The van der Waals surface area contributed by atoms with E-state index in [9.17, 15) is 19.8 Å². The number of rotatable bonds is 3. The Hall–Kier alpha value is -2.30. The monoisotopic (exact) mass is 295 g/mol. The lowest BCUT2D eigenvalue weighted by atomic mass is 10.1. The van der Waals surface area contributed by atoms with E-state index in [2.05, 4.69) is 15.0 Å². The van der Waals surface area contributed by atoms with Gasteiger partial charge in [0.2, 0.25) is 5.95 Å². The Labute approximate surface area is 117 Å². The molecule has 0 bridgehead atoms. The minimum Gasteiger partial charge on any atom is -0.388 e. The van der Waals surface area contributed by atoms with Gasteiger partial charge in [-0.2, -0.15) is 4.98 Å². The molecule has 0 radical (unpaired) electrons. The van der Waals surface area contributed by atoms with Gasteiger partial charge in [0.05, 0.1) is 12.4 Å². The highest BCUT2D eigenvalue weighted by Gasteiger charge is 2.44. The summed E-state index contributed by atoms with van der Waals surface area (Å²) in [5.41, 5.74) is 5.12. The third-order valence-electron chi connectivity index (χ3n) is 3.39. The van der Waals surface area contributed by atoms with Gasteiger partial charge >= 0.3 is 0 Å². The molecule has 0 aliphatic carbocycles. The number of anilines is 1. The van der Waals surface area contributed by atoms with E-state index in [1.165, 1.54) is 10.9 Å². The number of carbonyl (C=O) groups excluding carboxylic acids is 1. The maximum absolute atomic E-state index is 11.7. The Morgan fingerprint density at radius 2 is 2.24 bits per heavy atom. The topological polar surface area (TPSA) is 156 Å². The summed E-state index contributed by atoms with van der Waals surface area (Å²) in [6.45, 7) is 0. The molecule has 1 fully saturated rings. The van der Waals surface area contributed by atoms with Crippen LogP contribution in [0, 0.1) is 0 Å². The van der Waals surface area contributed by atoms with E-state index in [-0.39, 0.29) is 23.5 Å². The lowest BCUT2D eigenvalue weighted by molar-refractivity contribution is -0.112. The van der Waals surface area contributed by atoms with Gasteiger partial charge in [0.15, 0.2) is 17.4 Å². The number of aldehydes is 1. The number of aromatic nitrogens is 4. The minimum absolute atomic E-state index is 0.0355. The maximum atomic E-state index is 11.7. The summed E-state index contributed by atoms with van der Waals surface area (Å²) in [6.07, 6.45) is -2.56. The standard InChI is InChI=1S/C11H13N5O5/c12-11-14-8-5(9(20)15-11)13-3-16(8)10-7(19)6(18)4(21-10)1-2-17/h2-4,6-7,10,18-19H,1H2,(H3,12,14,15,20). The Kier molecular flexibility index (Phi) is 3.20. The number of aliphatic hydroxyl groups is 2. The Bertz CT molecular complexity index is 740. The first-order chi connectivity index (χ1) is 10.0. The van der Waals surface area contributed by atoms with Crippen molar-refractivity contribution >= 4 is 23.4 Å². The number of aromatic amines is 1. The van der Waals surface area contributed by atoms with Crippen LogP contribution < -0.4 is 11.3 Å². The Morgan fingerprint density at radius 3 is 2.95 bits per heavy atom. The van der Waals surface area contributed by atoms with E-state index in [1.807, 2.05) is 0 Å². The summed E-state index contributed by atoms with van der Waals surface area (Å²) in [4.78, 5) is 32.4. The highest BCUT2D eigenvalue weighted by atomic mass is 16.6. The van der Waals surface area contributed by atoms with Crippen molar-refractivity contribution in [3.63, 3.8) is 0 Å². The third kappa shape index (κ3) is 2.09. The fourth-order valence-corrected chi connectivity index (χ4v) is 2.38. The molecule has 0 aromatic carbocycles. The number of imidazole rings is 1. The number of hydrogen-bond acceptors (Lipinski definition) is 8. The van der Waals surface area contributed by atoms with E-state index in [0.717, 1.165) is 0 Å². The van der Waals surface area contributed by atoms with Crippen LogP contribution in [-0.4, -0.2) is 54.3 Å². The second-order valence-electron chi connectivity index (χ2n) is 4.72. The van der Waals surface area contributed by atoms with Gasteiger partial charge in [0.1, 0.15) is 18.5 Å². The van der Waals surface area contributed by atoms with Gasteiger partial charge in [-0.05, 0) is 0 Å². The van der Waals surface area contributed by atoms with Crippen LogP contribution in [0.4, 0.5) is 5.95 Å². The van der Waals surface area contributed by atoms with E-state index >= 15 is 0 Å². The van der Waals surface area contributed by atoms with Gasteiger partial charge in [0.25, 0.3) is 5.56 Å². The molecule has 112 valence electrons. The highest BCUT2D eigenvalue weighted by Crippen LogP contribution is 2.31. The van der Waals surface area contributed by atoms with Gasteiger partial charge in [0, 0.05) is 6.42 Å². The molecule has 5 N–H and O–H groups in total. The molecule has 1 aliphatic heterocycles. The molecule has 4 unspecified atom stereocenters. The molecule has 0 spiro atoms. The fourth-order valence-electron chi connectivity index (χ4n) is 2.38. The summed E-state index contributed by atoms with van der Waals surface area (Å²) in [7, 11) is 0. The Morgan fingerprint density at radius 1 is 1.48 bits per heavy atom. The average molecular weight is 295 g/mol. The molecule has 3 heterocycles. The number of nitrogens with one attached hydrogen (secondary N) is 1. The largest absolute Gasteiger partial charge is 0.388 e. The van der Waals surface area contributed by atoms with Gasteiger partial charge in [-0.3, -0.25) is 14.3 Å². The molecule has 2 aromatic heterocycles. The predicted molar refractivity (Wildman–Crippen MR) is 69.2 cm³/mol. The first-order valence-corrected chi connectivity index (χ1v) is 6.20. The number of nitrogens with two attached hydrogens (primary N) is 1. The first-order valence-electron chi connectivity index (χ1n) is 6.20. The van der Waals surface area contributed by atoms with E-state index < -0.39 is 30.1 Å². The number of hydrogen-bond donors (Lipinski definition) is 4. The second kappa shape index (κ2) is 4.91. The van der Waals surface area contributed by atoms with Crippen molar-refractivity contribution in [3.05, 3.63) is 16.7 Å². The number of fused-ring (bicyclic) bond motifs is 1. The van der Waals surface area contributed by atoms with Gasteiger partial charge in [-0.15, -0.1) is 0 Å². The SMILES string of the molecule is Nc1nc2c(ncn2C2OC(CC=O)C(O)C2O)c(=O)[nH]1. The van der Waals surface area contributed by atoms with Crippen LogP contribution >= 0.6 is 0 Å². The van der Waals surface area contributed by atoms with Crippen molar-refractivity contribution in [3.8, 4) is 0 Å². The second-order valence-corrected chi connectivity index (χ2v) is 4.72. The van der Waals surface area contributed by atoms with Crippen LogP contribution in [0.3, 0.4) is 0 Å². The molecule has 10 heteroatoms. The first kappa shape index (κ1) is 13.7. The molecule has 4 atom stereocenters. The summed E-state index contributed by atoms with van der Waals surface area (Å²) < 4.78 is 6.76. The molecule has 1 aliphatic rings. The van der Waals surface area contributed by atoms with Crippen molar-refractivity contribution in [1.82, 2.24) is 19.5 Å². The van der Waals surface area contributed by atoms with Crippen LogP contribution in [-0.2, 0) is 9.53 Å². The number of H-pyrrole nitrogens is 1. The van der Waals surface area contributed by atoms with E-state index in [1.54, 1.807) is 0 Å². The number of carbonyl (C=O) groups is 1. The zero-order valence-electron chi connectivity index (χ0n) is 10.7. The zero-order chi connectivity index (χ0) is 15.1. The van der Waals surface area contributed by atoms with Crippen molar-refractivity contribution in [2.24, 2.45) is 0 Å².